The Morgan fingerprint density at radius 1 is 1.06 bits per heavy atom. The molecule has 0 aliphatic carbocycles. The maximum Gasteiger partial charge on any atom is 0.322 e. The molecule has 8 heteroatoms. The molecular weight excluding hydrogens is 412 g/mol. The highest BCUT2D eigenvalue weighted by Crippen LogP contribution is 2.21. The molecule has 7 nitrogen and oxygen atoms in total. The Balaban J connectivity index is 2.14. The molecular formula is C23H34N4O3S. The summed E-state index contributed by atoms with van der Waals surface area (Å²) in [6, 6.07) is 5.70. The van der Waals surface area contributed by atoms with Gasteiger partial charge in [0.15, 0.2) is 0 Å². The van der Waals surface area contributed by atoms with Gasteiger partial charge in [-0.2, -0.15) is 0 Å². The lowest BCUT2D eigenvalue weighted by Gasteiger charge is -2.23. The van der Waals surface area contributed by atoms with Crippen LogP contribution < -0.4 is 5.32 Å². The molecule has 1 aromatic carbocycles. The maximum absolute atomic E-state index is 13.0. The van der Waals surface area contributed by atoms with Crippen LogP contribution in [0.25, 0.3) is 0 Å². The van der Waals surface area contributed by atoms with Crippen molar-refractivity contribution in [3.63, 3.8) is 0 Å². The minimum Gasteiger partial charge on any atom is -0.383 e. The smallest absolute Gasteiger partial charge is 0.322 e. The standard InChI is InChI=1S/C23H34N4O3S/c1-6-11-26(12-7-2)22(28)19-16-31-20(24-19)15-27(13-14-30-5)23(29)25-21-17(3)9-8-10-18(21)4/h8-10,16H,6-7,11-15H2,1-5H3,(H,25,29). The van der Waals surface area contributed by atoms with Crippen molar-refractivity contribution in [3.05, 3.63) is 45.4 Å². The highest BCUT2D eigenvalue weighted by atomic mass is 32.1. The molecule has 0 saturated carbocycles. The van der Waals surface area contributed by atoms with Crippen LogP contribution in [-0.4, -0.2) is 60.1 Å². The molecule has 0 atom stereocenters. The van der Waals surface area contributed by atoms with Gasteiger partial charge in [0.05, 0.1) is 13.2 Å². The zero-order chi connectivity index (χ0) is 22.8. The second-order valence-electron chi connectivity index (χ2n) is 7.53. The molecule has 0 spiro atoms. The van der Waals surface area contributed by atoms with Crippen molar-refractivity contribution in [2.75, 3.05) is 38.7 Å². The normalized spacial score (nSPS) is 10.7. The molecule has 1 aromatic heterocycles. The van der Waals surface area contributed by atoms with Gasteiger partial charge in [0.2, 0.25) is 0 Å². The Morgan fingerprint density at radius 3 is 2.29 bits per heavy atom. The zero-order valence-corrected chi connectivity index (χ0v) is 20.1. The molecule has 0 radical (unpaired) electrons. The van der Waals surface area contributed by atoms with Gasteiger partial charge in [-0.15, -0.1) is 11.3 Å². The molecule has 0 fully saturated rings. The van der Waals surface area contributed by atoms with E-state index in [4.69, 9.17) is 4.74 Å². The quantitative estimate of drug-likeness (QED) is 0.543. The van der Waals surface area contributed by atoms with Gasteiger partial charge in [-0.1, -0.05) is 32.0 Å². The third kappa shape index (κ3) is 7.04. The molecule has 1 heterocycles. The summed E-state index contributed by atoms with van der Waals surface area (Å²) in [5, 5.41) is 5.53. The summed E-state index contributed by atoms with van der Waals surface area (Å²) >= 11 is 1.40. The molecule has 1 N–H and O–H groups in total. The molecule has 2 aromatic rings. The lowest BCUT2D eigenvalue weighted by molar-refractivity contribution is 0.0750. The van der Waals surface area contributed by atoms with Crippen molar-refractivity contribution in [2.24, 2.45) is 0 Å². The summed E-state index contributed by atoms with van der Waals surface area (Å²) in [6.45, 7) is 10.7. The van der Waals surface area contributed by atoms with Crippen molar-refractivity contribution in [2.45, 2.75) is 47.1 Å². The average Bonchev–Trinajstić information content (AvgIpc) is 3.21. The number of carbonyl (C=O) groups excluding carboxylic acids is 2. The Bertz CT molecular complexity index is 842. The summed E-state index contributed by atoms with van der Waals surface area (Å²) in [7, 11) is 1.61. The fourth-order valence-electron chi connectivity index (χ4n) is 3.31. The third-order valence-corrected chi connectivity index (χ3v) is 5.77. The number of rotatable bonds is 11. The molecule has 2 rings (SSSR count). The number of para-hydroxylation sites is 1. The summed E-state index contributed by atoms with van der Waals surface area (Å²) in [4.78, 5) is 33.9. The first-order chi connectivity index (χ1) is 14.9. The number of anilines is 1. The number of amides is 3. The van der Waals surface area contributed by atoms with Crippen LogP contribution in [0.5, 0.6) is 0 Å². The molecule has 31 heavy (non-hydrogen) atoms. The fraction of sp³-hybridized carbons (Fsp3) is 0.522. The number of aryl methyl sites for hydroxylation is 2. The topological polar surface area (TPSA) is 74.8 Å². The largest absolute Gasteiger partial charge is 0.383 e. The number of aromatic nitrogens is 1. The van der Waals surface area contributed by atoms with Crippen LogP contribution in [0.3, 0.4) is 0 Å². The van der Waals surface area contributed by atoms with Crippen LogP contribution in [0, 0.1) is 13.8 Å². The monoisotopic (exact) mass is 446 g/mol. The molecule has 170 valence electrons. The lowest BCUT2D eigenvalue weighted by Crippen LogP contribution is -2.37. The van der Waals surface area contributed by atoms with Gasteiger partial charge in [-0.3, -0.25) is 4.79 Å². The first-order valence-electron chi connectivity index (χ1n) is 10.8. The van der Waals surface area contributed by atoms with E-state index in [-0.39, 0.29) is 11.9 Å². The van der Waals surface area contributed by atoms with E-state index in [1.165, 1.54) is 11.3 Å². The van der Waals surface area contributed by atoms with Crippen LogP contribution in [0.15, 0.2) is 23.6 Å². The Morgan fingerprint density at radius 2 is 1.71 bits per heavy atom. The number of nitrogens with one attached hydrogen (secondary N) is 1. The SMILES string of the molecule is CCCN(CCC)C(=O)c1csc(CN(CCOC)C(=O)Nc2c(C)cccc2C)n1. The third-order valence-electron chi connectivity index (χ3n) is 4.94. The van der Waals surface area contributed by atoms with E-state index >= 15 is 0 Å². The lowest BCUT2D eigenvalue weighted by atomic mass is 10.1. The highest BCUT2D eigenvalue weighted by molar-refractivity contribution is 7.09. The van der Waals surface area contributed by atoms with Crippen LogP contribution in [0.1, 0.15) is 53.3 Å². The Hall–Kier alpha value is -2.45. The number of benzene rings is 1. The molecule has 0 bridgehead atoms. The number of ether oxygens (including phenoxy) is 1. The van der Waals surface area contributed by atoms with Crippen LogP contribution in [0.2, 0.25) is 0 Å². The van der Waals surface area contributed by atoms with E-state index in [1.807, 2.05) is 36.9 Å². The van der Waals surface area contributed by atoms with Crippen molar-refractivity contribution in [3.8, 4) is 0 Å². The predicted octanol–water partition coefficient (Wildman–Crippen LogP) is 4.70. The van der Waals surface area contributed by atoms with Gasteiger partial charge in [0.25, 0.3) is 5.91 Å². The first kappa shape index (κ1) is 24.8. The molecule has 0 unspecified atom stereocenters. The number of carbonyl (C=O) groups is 2. The van der Waals surface area contributed by atoms with Crippen LogP contribution in [-0.2, 0) is 11.3 Å². The number of methoxy groups -OCH3 is 1. The summed E-state index contributed by atoms with van der Waals surface area (Å²) in [5.41, 5.74) is 3.28. The van der Waals surface area contributed by atoms with E-state index in [0.29, 0.717) is 25.4 Å². The molecule has 0 aliphatic heterocycles. The number of thiazole rings is 1. The molecule has 0 saturated heterocycles. The molecule has 0 aliphatic rings. The van der Waals surface area contributed by atoms with Gasteiger partial charge >= 0.3 is 6.03 Å². The van der Waals surface area contributed by atoms with Gasteiger partial charge in [0, 0.05) is 37.8 Å². The number of hydrogen-bond acceptors (Lipinski definition) is 5. The van der Waals surface area contributed by atoms with Gasteiger partial charge in [-0.05, 0) is 37.8 Å². The van der Waals surface area contributed by atoms with Gasteiger partial charge in [0.1, 0.15) is 10.7 Å². The maximum atomic E-state index is 13.0. The Labute approximate surface area is 189 Å². The number of urea groups is 1. The average molecular weight is 447 g/mol. The van der Waals surface area contributed by atoms with Crippen LogP contribution >= 0.6 is 11.3 Å². The minimum absolute atomic E-state index is 0.0466. The van der Waals surface area contributed by atoms with E-state index in [2.05, 4.69) is 24.1 Å². The van der Waals surface area contributed by atoms with E-state index in [0.717, 1.165) is 47.8 Å². The van der Waals surface area contributed by atoms with E-state index in [9.17, 15) is 9.59 Å². The number of hydrogen-bond donors (Lipinski definition) is 1. The van der Waals surface area contributed by atoms with Gasteiger partial charge in [-0.25, -0.2) is 9.78 Å². The minimum atomic E-state index is -0.212. The fourth-order valence-corrected chi connectivity index (χ4v) is 4.10. The predicted molar refractivity (Wildman–Crippen MR) is 126 cm³/mol. The highest BCUT2D eigenvalue weighted by Gasteiger charge is 2.21. The molecule has 3 amide bonds. The number of nitrogens with zero attached hydrogens (tertiary/aromatic N) is 3. The Kier molecular flexibility index (Phi) is 9.94. The summed E-state index contributed by atoms with van der Waals surface area (Å²) < 4.78 is 5.19. The summed E-state index contributed by atoms with van der Waals surface area (Å²) in [5.74, 6) is -0.0466. The summed E-state index contributed by atoms with van der Waals surface area (Å²) in [6.07, 6.45) is 1.82. The second-order valence-corrected chi connectivity index (χ2v) is 8.47. The van der Waals surface area contributed by atoms with Crippen LogP contribution in [0.4, 0.5) is 10.5 Å². The van der Waals surface area contributed by atoms with Crippen molar-refractivity contribution >= 4 is 29.0 Å². The van der Waals surface area contributed by atoms with Gasteiger partial charge < -0.3 is 19.9 Å². The van der Waals surface area contributed by atoms with Crippen molar-refractivity contribution in [1.29, 1.82) is 0 Å². The second kappa shape index (κ2) is 12.4. The van der Waals surface area contributed by atoms with Crippen molar-refractivity contribution in [1.82, 2.24) is 14.8 Å². The van der Waals surface area contributed by atoms with Crippen molar-refractivity contribution < 1.29 is 14.3 Å². The van der Waals surface area contributed by atoms with E-state index in [1.54, 1.807) is 17.4 Å². The first-order valence-corrected chi connectivity index (χ1v) is 11.6. The zero-order valence-electron chi connectivity index (χ0n) is 19.2. The van der Waals surface area contributed by atoms with E-state index < -0.39 is 0 Å².